The van der Waals surface area contributed by atoms with Gasteiger partial charge in [-0.1, -0.05) is 11.8 Å². The van der Waals surface area contributed by atoms with E-state index >= 15 is 0 Å². The van der Waals surface area contributed by atoms with Gasteiger partial charge in [-0.3, -0.25) is 4.79 Å². The van der Waals surface area contributed by atoms with E-state index in [0.717, 1.165) is 15.2 Å². The Hall–Kier alpha value is -2.32. The summed E-state index contributed by atoms with van der Waals surface area (Å²) < 4.78 is 12.0. The number of benzene rings is 1. The van der Waals surface area contributed by atoms with Crippen molar-refractivity contribution in [3.63, 3.8) is 0 Å². The van der Waals surface area contributed by atoms with Crippen LogP contribution in [0.2, 0.25) is 0 Å². The number of nitrogens with one attached hydrogen (secondary N) is 1. The molecule has 0 saturated carbocycles. The third kappa shape index (κ3) is 3.15. The van der Waals surface area contributed by atoms with Crippen LogP contribution in [-0.2, 0) is 4.79 Å². The van der Waals surface area contributed by atoms with E-state index in [-0.39, 0.29) is 11.7 Å². The van der Waals surface area contributed by atoms with Gasteiger partial charge in [0.25, 0.3) is 0 Å². The number of thioether (sulfide) groups is 1. The highest BCUT2D eigenvalue weighted by molar-refractivity contribution is 8.00. The van der Waals surface area contributed by atoms with Crippen molar-refractivity contribution in [1.82, 2.24) is 9.97 Å². The van der Waals surface area contributed by atoms with Gasteiger partial charge < -0.3 is 14.8 Å². The maximum absolute atomic E-state index is 12.2. The number of fused-ring (bicyclic) bond motifs is 2. The molecule has 0 unspecified atom stereocenters. The zero-order valence-corrected chi connectivity index (χ0v) is 14.2. The maximum Gasteiger partial charge on any atom is 0.234 e. The third-order valence-electron chi connectivity index (χ3n) is 3.38. The molecule has 1 aliphatic heterocycles. The molecule has 6 nitrogen and oxygen atoms in total. The Bertz CT molecular complexity index is 897. The molecule has 1 N–H and O–H groups in total. The minimum Gasteiger partial charge on any atom is -0.486 e. The van der Waals surface area contributed by atoms with Crippen molar-refractivity contribution < 1.29 is 14.3 Å². The molecule has 0 atom stereocenters. The number of thiophene rings is 1. The van der Waals surface area contributed by atoms with Crippen LogP contribution in [0, 0.1) is 0 Å². The maximum atomic E-state index is 12.2. The van der Waals surface area contributed by atoms with Gasteiger partial charge >= 0.3 is 0 Å². The molecule has 0 spiro atoms. The Morgan fingerprint density at radius 2 is 2.08 bits per heavy atom. The number of nitrogens with zero attached hydrogens (tertiary/aromatic N) is 2. The molecular weight excluding hydrogens is 346 g/mol. The van der Waals surface area contributed by atoms with Crippen LogP contribution in [0.5, 0.6) is 11.5 Å². The first-order valence-corrected chi connectivity index (χ1v) is 9.16. The summed E-state index contributed by atoms with van der Waals surface area (Å²) in [5.41, 5.74) is 1.60. The van der Waals surface area contributed by atoms with Gasteiger partial charge in [0.2, 0.25) is 5.91 Å². The number of carbonyl (C=O) groups excluding carboxylic acids is 1. The van der Waals surface area contributed by atoms with Crippen LogP contribution < -0.4 is 14.8 Å². The molecule has 24 heavy (non-hydrogen) atoms. The average molecular weight is 359 g/mol. The number of rotatable bonds is 4. The first kappa shape index (κ1) is 15.2. The van der Waals surface area contributed by atoms with Gasteiger partial charge in [-0.25, -0.2) is 9.97 Å². The number of ether oxygens (including phenoxy) is 2. The van der Waals surface area contributed by atoms with E-state index in [0.29, 0.717) is 30.4 Å². The minimum absolute atomic E-state index is 0.0972. The normalized spacial score (nSPS) is 13.0. The number of hydrogen-bond acceptors (Lipinski definition) is 7. The summed E-state index contributed by atoms with van der Waals surface area (Å²) in [7, 11) is 0. The molecule has 2 aromatic heterocycles. The molecule has 0 fully saturated rings. The molecule has 3 aromatic rings. The van der Waals surface area contributed by atoms with Crippen molar-refractivity contribution in [1.29, 1.82) is 0 Å². The number of amides is 1. The highest BCUT2D eigenvalue weighted by Gasteiger charge is 2.13. The van der Waals surface area contributed by atoms with Crippen molar-refractivity contribution in [2.24, 2.45) is 0 Å². The lowest BCUT2D eigenvalue weighted by molar-refractivity contribution is -0.113. The summed E-state index contributed by atoms with van der Waals surface area (Å²) in [6.45, 7) is 1.07. The van der Waals surface area contributed by atoms with E-state index in [1.165, 1.54) is 18.1 Å². The van der Waals surface area contributed by atoms with E-state index in [9.17, 15) is 4.79 Å². The highest BCUT2D eigenvalue weighted by atomic mass is 32.2. The van der Waals surface area contributed by atoms with Crippen molar-refractivity contribution in [2.45, 2.75) is 5.03 Å². The fraction of sp³-hybridized carbons (Fsp3) is 0.188. The zero-order chi connectivity index (χ0) is 16.4. The Kier molecular flexibility index (Phi) is 4.22. The molecule has 1 aliphatic rings. The van der Waals surface area contributed by atoms with Crippen molar-refractivity contribution >= 4 is 44.9 Å². The fourth-order valence-corrected chi connectivity index (χ4v) is 4.07. The molecule has 0 aliphatic carbocycles. The smallest absolute Gasteiger partial charge is 0.234 e. The van der Waals surface area contributed by atoms with E-state index in [1.54, 1.807) is 29.5 Å². The van der Waals surface area contributed by atoms with Gasteiger partial charge in [0.15, 0.2) is 11.5 Å². The zero-order valence-electron chi connectivity index (χ0n) is 12.5. The van der Waals surface area contributed by atoms with Crippen molar-refractivity contribution in [3.05, 3.63) is 36.0 Å². The lowest BCUT2D eigenvalue weighted by atomic mass is 10.2. The number of anilines is 1. The number of carbonyl (C=O) groups is 1. The second kappa shape index (κ2) is 6.66. The summed E-state index contributed by atoms with van der Waals surface area (Å²) >= 11 is 2.98. The average Bonchev–Trinajstić information content (AvgIpc) is 3.09. The Morgan fingerprint density at radius 3 is 3.00 bits per heavy atom. The summed E-state index contributed by atoms with van der Waals surface area (Å²) in [5.74, 6) is 1.54. The number of aromatic nitrogens is 2. The monoisotopic (exact) mass is 359 g/mol. The first-order valence-electron chi connectivity index (χ1n) is 7.30. The van der Waals surface area contributed by atoms with Gasteiger partial charge in [0, 0.05) is 11.8 Å². The van der Waals surface area contributed by atoms with Crippen LogP contribution in [0.25, 0.3) is 10.2 Å². The number of hydrogen-bond donors (Lipinski definition) is 1. The molecule has 3 heterocycles. The molecule has 0 bridgehead atoms. The molecule has 8 heteroatoms. The predicted octanol–water partition coefficient (Wildman–Crippen LogP) is 3.19. The largest absolute Gasteiger partial charge is 0.486 e. The SMILES string of the molecule is O=C(CSc1ncnc2ccsc12)Nc1ccc2c(c1)OCCO2. The van der Waals surface area contributed by atoms with Gasteiger partial charge in [0.1, 0.15) is 24.6 Å². The van der Waals surface area contributed by atoms with Crippen LogP contribution in [0.4, 0.5) is 5.69 Å². The van der Waals surface area contributed by atoms with Crippen molar-refractivity contribution in [3.8, 4) is 11.5 Å². The predicted molar refractivity (Wildman–Crippen MR) is 94.2 cm³/mol. The molecule has 1 aromatic carbocycles. The first-order chi connectivity index (χ1) is 11.8. The molecule has 4 rings (SSSR count). The Balaban J connectivity index is 1.41. The standard InChI is InChI=1S/C16H13N3O3S2/c20-14(8-24-16-15-11(3-6-23-15)17-9-18-16)19-10-1-2-12-13(7-10)22-5-4-21-12/h1-3,6-7,9H,4-5,8H2,(H,19,20). The summed E-state index contributed by atoms with van der Waals surface area (Å²) in [4.78, 5) is 20.6. The molecular formula is C16H13N3O3S2. The van der Waals surface area contributed by atoms with E-state index in [1.807, 2.05) is 11.4 Å². The van der Waals surface area contributed by atoms with Gasteiger partial charge in [0.05, 0.1) is 16.0 Å². The van der Waals surface area contributed by atoms with Crippen LogP contribution in [0.3, 0.4) is 0 Å². The van der Waals surface area contributed by atoms with E-state index in [2.05, 4.69) is 15.3 Å². The van der Waals surface area contributed by atoms with Gasteiger partial charge in [-0.15, -0.1) is 11.3 Å². The van der Waals surface area contributed by atoms with Crippen LogP contribution in [-0.4, -0.2) is 34.8 Å². The van der Waals surface area contributed by atoms with Gasteiger partial charge in [-0.2, -0.15) is 0 Å². The van der Waals surface area contributed by atoms with E-state index in [4.69, 9.17) is 9.47 Å². The third-order valence-corrected chi connectivity index (χ3v) is 5.41. The second-order valence-electron chi connectivity index (χ2n) is 5.01. The van der Waals surface area contributed by atoms with Crippen LogP contribution in [0.1, 0.15) is 0 Å². The molecule has 1 amide bonds. The molecule has 0 saturated heterocycles. The lowest BCUT2D eigenvalue weighted by Gasteiger charge is -2.18. The quantitative estimate of drug-likeness (QED) is 0.570. The van der Waals surface area contributed by atoms with Crippen LogP contribution >= 0.6 is 23.1 Å². The lowest BCUT2D eigenvalue weighted by Crippen LogP contribution is -2.17. The van der Waals surface area contributed by atoms with Crippen molar-refractivity contribution in [2.75, 3.05) is 24.3 Å². The summed E-state index contributed by atoms with van der Waals surface area (Å²) in [5, 5.41) is 5.67. The van der Waals surface area contributed by atoms with Crippen LogP contribution in [0.15, 0.2) is 41.0 Å². The van der Waals surface area contributed by atoms with E-state index < -0.39 is 0 Å². The molecule has 0 radical (unpaired) electrons. The Labute approximate surface area is 146 Å². The molecule has 122 valence electrons. The summed E-state index contributed by atoms with van der Waals surface area (Å²) in [6.07, 6.45) is 1.52. The fourth-order valence-electron chi connectivity index (χ4n) is 2.32. The summed E-state index contributed by atoms with van der Waals surface area (Å²) in [6, 6.07) is 7.33. The highest BCUT2D eigenvalue weighted by Crippen LogP contribution is 2.33. The second-order valence-corrected chi connectivity index (χ2v) is 6.89. The minimum atomic E-state index is -0.0972. The van der Waals surface area contributed by atoms with Gasteiger partial charge in [-0.05, 0) is 23.6 Å². The Morgan fingerprint density at radius 1 is 1.21 bits per heavy atom. The topological polar surface area (TPSA) is 73.3 Å².